The highest BCUT2D eigenvalue weighted by molar-refractivity contribution is 7.99. The van der Waals surface area contributed by atoms with Gasteiger partial charge in [-0.2, -0.15) is 0 Å². The Kier molecular flexibility index (Phi) is 4.68. The van der Waals surface area contributed by atoms with E-state index in [1.54, 1.807) is 17.2 Å². The Hall–Kier alpha value is -2.67. The first-order chi connectivity index (χ1) is 11.2. The Balaban J connectivity index is 1.58. The lowest BCUT2D eigenvalue weighted by atomic mass is 10.3. The molecule has 6 nitrogen and oxygen atoms in total. The summed E-state index contributed by atoms with van der Waals surface area (Å²) in [5.41, 5.74) is 1.86. The number of carbonyl (C=O) groups is 1. The number of nitrogens with zero attached hydrogens (tertiary/aromatic N) is 4. The number of aromatic nitrogens is 4. The molecular weight excluding hydrogens is 310 g/mol. The molecule has 23 heavy (non-hydrogen) atoms. The Bertz CT molecular complexity index is 803. The number of anilines is 1. The third kappa shape index (κ3) is 3.95. The van der Waals surface area contributed by atoms with E-state index in [1.807, 2.05) is 49.4 Å². The first kappa shape index (κ1) is 15.2. The summed E-state index contributed by atoms with van der Waals surface area (Å²) in [5.74, 6) is 0.684. The molecule has 0 atom stereocenters. The maximum atomic E-state index is 12.0. The van der Waals surface area contributed by atoms with E-state index in [0.29, 0.717) is 11.0 Å². The Labute approximate surface area is 138 Å². The minimum atomic E-state index is -0.132. The van der Waals surface area contributed by atoms with Gasteiger partial charge in [-0.15, -0.1) is 5.10 Å². The number of aryl methyl sites for hydroxylation is 1. The van der Waals surface area contributed by atoms with Crippen molar-refractivity contribution in [3.8, 4) is 5.69 Å². The highest BCUT2D eigenvalue weighted by Crippen LogP contribution is 2.15. The van der Waals surface area contributed by atoms with Gasteiger partial charge < -0.3 is 5.32 Å². The minimum Gasteiger partial charge on any atom is -0.310 e. The smallest absolute Gasteiger partial charge is 0.236 e. The van der Waals surface area contributed by atoms with Gasteiger partial charge in [0.25, 0.3) is 0 Å². The molecule has 1 N–H and O–H groups in total. The quantitative estimate of drug-likeness (QED) is 0.730. The van der Waals surface area contributed by atoms with Gasteiger partial charge >= 0.3 is 0 Å². The van der Waals surface area contributed by atoms with Crippen LogP contribution in [0.4, 0.5) is 5.82 Å². The summed E-state index contributed by atoms with van der Waals surface area (Å²) in [6, 6.07) is 13.4. The molecule has 2 aromatic heterocycles. The van der Waals surface area contributed by atoms with Crippen molar-refractivity contribution in [1.82, 2.24) is 19.7 Å². The van der Waals surface area contributed by atoms with Crippen molar-refractivity contribution in [3.63, 3.8) is 0 Å². The average molecular weight is 325 g/mol. The first-order valence-electron chi connectivity index (χ1n) is 7.04. The molecule has 0 bridgehead atoms. The topological polar surface area (TPSA) is 72.7 Å². The summed E-state index contributed by atoms with van der Waals surface area (Å²) < 4.78 is 1.68. The summed E-state index contributed by atoms with van der Waals surface area (Å²) in [6.45, 7) is 1.90. The number of hydrogen-bond acceptors (Lipinski definition) is 5. The van der Waals surface area contributed by atoms with Gasteiger partial charge in [0.05, 0.1) is 11.4 Å². The summed E-state index contributed by atoms with van der Waals surface area (Å²) in [7, 11) is 0. The van der Waals surface area contributed by atoms with E-state index < -0.39 is 0 Å². The van der Waals surface area contributed by atoms with Crippen LogP contribution in [0.15, 0.2) is 60.1 Å². The van der Waals surface area contributed by atoms with Crippen LogP contribution in [0.3, 0.4) is 0 Å². The number of thioether (sulfide) groups is 1. The van der Waals surface area contributed by atoms with E-state index in [1.165, 1.54) is 11.8 Å². The number of pyridine rings is 1. The fourth-order valence-corrected chi connectivity index (χ4v) is 2.53. The van der Waals surface area contributed by atoms with Crippen molar-refractivity contribution < 1.29 is 4.79 Å². The molecule has 1 amide bonds. The number of benzene rings is 1. The third-order valence-corrected chi connectivity index (χ3v) is 3.94. The lowest BCUT2D eigenvalue weighted by Gasteiger charge is -2.05. The molecule has 0 saturated heterocycles. The minimum absolute atomic E-state index is 0.132. The number of nitrogens with one attached hydrogen (secondary N) is 1. The molecule has 0 aliphatic carbocycles. The van der Waals surface area contributed by atoms with E-state index in [2.05, 4.69) is 20.4 Å². The van der Waals surface area contributed by atoms with Gasteiger partial charge in [-0.3, -0.25) is 4.79 Å². The predicted octanol–water partition coefficient (Wildman–Crippen LogP) is 2.70. The zero-order valence-electron chi connectivity index (χ0n) is 12.5. The van der Waals surface area contributed by atoms with Gasteiger partial charge in [-0.05, 0) is 30.7 Å². The zero-order valence-corrected chi connectivity index (χ0v) is 13.3. The molecule has 0 spiro atoms. The van der Waals surface area contributed by atoms with Crippen LogP contribution in [-0.4, -0.2) is 31.4 Å². The standard InChI is InChI=1S/C16H15N5OS/c1-12-6-5-9-17-15(12)19-14(22)10-23-16-18-11-21(20-16)13-7-3-2-4-8-13/h2-9,11H,10H2,1H3,(H,17,19,22). The molecule has 0 radical (unpaired) electrons. The zero-order chi connectivity index (χ0) is 16.1. The van der Waals surface area contributed by atoms with Crippen molar-refractivity contribution in [1.29, 1.82) is 0 Å². The Morgan fingerprint density at radius 3 is 2.78 bits per heavy atom. The van der Waals surface area contributed by atoms with E-state index >= 15 is 0 Å². The number of rotatable bonds is 5. The second-order valence-electron chi connectivity index (χ2n) is 4.81. The van der Waals surface area contributed by atoms with Crippen LogP contribution in [0.1, 0.15) is 5.56 Å². The fourth-order valence-electron chi connectivity index (χ4n) is 1.93. The summed E-state index contributed by atoms with van der Waals surface area (Å²) in [4.78, 5) is 20.3. The monoisotopic (exact) mass is 325 g/mol. The predicted molar refractivity (Wildman–Crippen MR) is 89.7 cm³/mol. The molecule has 1 aromatic carbocycles. The normalized spacial score (nSPS) is 10.5. The third-order valence-electron chi connectivity index (χ3n) is 3.09. The summed E-state index contributed by atoms with van der Waals surface area (Å²) >= 11 is 1.29. The molecule has 0 aliphatic rings. The van der Waals surface area contributed by atoms with Crippen LogP contribution in [0, 0.1) is 6.92 Å². The van der Waals surface area contributed by atoms with Crippen molar-refractivity contribution in [2.75, 3.05) is 11.1 Å². The second-order valence-corrected chi connectivity index (χ2v) is 5.76. The van der Waals surface area contributed by atoms with Gasteiger partial charge in [0.15, 0.2) is 0 Å². The van der Waals surface area contributed by atoms with Crippen molar-refractivity contribution in [3.05, 3.63) is 60.6 Å². The van der Waals surface area contributed by atoms with Crippen molar-refractivity contribution in [2.24, 2.45) is 0 Å². The van der Waals surface area contributed by atoms with Gasteiger partial charge in [-0.1, -0.05) is 36.0 Å². The van der Waals surface area contributed by atoms with E-state index in [4.69, 9.17) is 0 Å². The van der Waals surface area contributed by atoms with Crippen LogP contribution in [-0.2, 0) is 4.79 Å². The molecule has 0 saturated carbocycles. The van der Waals surface area contributed by atoms with Gasteiger partial charge in [-0.25, -0.2) is 14.6 Å². The Morgan fingerprint density at radius 2 is 2.00 bits per heavy atom. The maximum Gasteiger partial charge on any atom is 0.236 e. The molecule has 3 aromatic rings. The first-order valence-corrected chi connectivity index (χ1v) is 8.02. The molecule has 3 rings (SSSR count). The molecule has 0 aliphatic heterocycles. The average Bonchev–Trinajstić information content (AvgIpc) is 3.05. The lowest BCUT2D eigenvalue weighted by molar-refractivity contribution is -0.113. The number of hydrogen-bond donors (Lipinski definition) is 1. The molecule has 116 valence electrons. The summed E-state index contributed by atoms with van der Waals surface area (Å²) in [6.07, 6.45) is 3.29. The highest BCUT2D eigenvalue weighted by atomic mass is 32.2. The largest absolute Gasteiger partial charge is 0.310 e. The van der Waals surface area contributed by atoms with Crippen LogP contribution in [0.25, 0.3) is 5.69 Å². The SMILES string of the molecule is Cc1cccnc1NC(=O)CSc1ncn(-c2ccccc2)n1. The van der Waals surface area contributed by atoms with Crippen LogP contribution < -0.4 is 5.32 Å². The van der Waals surface area contributed by atoms with Gasteiger partial charge in [0, 0.05) is 6.20 Å². The van der Waals surface area contributed by atoms with Crippen LogP contribution >= 0.6 is 11.8 Å². The number of amides is 1. The number of carbonyl (C=O) groups excluding carboxylic acids is 1. The van der Waals surface area contributed by atoms with Crippen LogP contribution in [0.5, 0.6) is 0 Å². The molecule has 0 unspecified atom stereocenters. The van der Waals surface area contributed by atoms with Gasteiger partial charge in [0.2, 0.25) is 11.1 Å². The molecule has 0 fully saturated rings. The van der Waals surface area contributed by atoms with Crippen molar-refractivity contribution in [2.45, 2.75) is 12.1 Å². The molecular formula is C16H15N5OS. The van der Waals surface area contributed by atoms with Crippen LogP contribution in [0.2, 0.25) is 0 Å². The summed E-state index contributed by atoms with van der Waals surface area (Å²) in [5, 5.41) is 7.69. The molecule has 2 heterocycles. The number of para-hydroxylation sites is 1. The van der Waals surface area contributed by atoms with Crippen molar-refractivity contribution >= 4 is 23.5 Å². The fraction of sp³-hybridized carbons (Fsp3) is 0.125. The Morgan fingerprint density at radius 1 is 1.17 bits per heavy atom. The van der Waals surface area contributed by atoms with Gasteiger partial charge in [0.1, 0.15) is 12.1 Å². The van der Waals surface area contributed by atoms with E-state index in [9.17, 15) is 4.79 Å². The van der Waals surface area contributed by atoms with E-state index in [0.717, 1.165) is 11.3 Å². The maximum absolute atomic E-state index is 12.0. The lowest BCUT2D eigenvalue weighted by Crippen LogP contribution is -2.15. The molecule has 7 heteroatoms. The second kappa shape index (κ2) is 7.06. The highest BCUT2D eigenvalue weighted by Gasteiger charge is 2.09. The van der Waals surface area contributed by atoms with E-state index in [-0.39, 0.29) is 11.7 Å².